The summed E-state index contributed by atoms with van der Waals surface area (Å²) in [4.78, 5) is 0. The quantitative estimate of drug-likeness (QED) is 0.134. The molecule has 0 aliphatic rings. The van der Waals surface area contributed by atoms with Gasteiger partial charge in [0.1, 0.15) is 0 Å². The fraction of sp³-hybridized carbons (Fsp3) is 0. The fourth-order valence-electron chi connectivity index (χ4n) is 0. The Morgan fingerprint density at radius 2 is 0.235 bits per heavy atom. The van der Waals surface area contributed by atoms with Gasteiger partial charge in [0.05, 0.1) is 0 Å². The number of hydrogen-bond acceptors (Lipinski definition) is 12. The van der Waals surface area contributed by atoms with Gasteiger partial charge in [0, 0.05) is 31.2 Å². The molecule has 232 valence electrons. The molecule has 0 atom stereocenters. The van der Waals surface area contributed by atoms with Crippen molar-refractivity contribution >= 4 is 65.9 Å². The molecular weight excluding hydrogens is 614 g/mol. The summed E-state index contributed by atoms with van der Waals surface area (Å²) in [5.41, 5.74) is 0. The maximum Gasteiger partial charge on any atom is 3.00 e. The van der Waals surface area contributed by atoms with Crippen LogP contribution in [0.25, 0.3) is 0 Å². The van der Waals surface area contributed by atoms with Crippen molar-refractivity contribution in [3.05, 3.63) is 0 Å². The monoisotopic (exact) mass is 648 g/mol. The minimum Gasteiger partial charge on any atom is -0.759 e. The molecule has 0 radical (unpaired) electrons. The average Bonchev–Trinajstić information content (AvgIpc) is 1.41. The molecule has 0 aromatic rings. The summed E-state index contributed by atoms with van der Waals surface area (Å²) in [6, 6.07) is 0. The third kappa shape index (κ3) is 1200000000. The van der Waals surface area contributed by atoms with Crippen molar-refractivity contribution in [1.82, 2.24) is 0 Å². The van der Waals surface area contributed by atoms with Crippen LogP contribution >= 0.6 is 0 Å². The fourth-order valence-corrected chi connectivity index (χ4v) is 0. The second-order valence-electron chi connectivity index (χ2n) is 1.22. The average molecular weight is 648 g/mol. The summed E-state index contributed by atoms with van der Waals surface area (Å²) in [5.74, 6) is 0. The van der Waals surface area contributed by atoms with Crippen LogP contribution in [0.5, 0.6) is 0 Å². The summed E-state index contributed by atoms with van der Waals surface area (Å²) >= 11 is 0. The van der Waals surface area contributed by atoms with E-state index in [4.69, 9.17) is 52.6 Å². The number of rotatable bonds is 0. The zero-order valence-corrected chi connectivity index (χ0v) is 20.5. The Hall–Kier alpha value is -0.00506. The molecule has 0 saturated heterocycles. The Kier molecular flexibility index (Phi) is 789. The molecule has 0 bridgehead atoms. The van der Waals surface area contributed by atoms with Crippen LogP contribution in [0.2, 0.25) is 0 Å². The third-order valence-corrected chi connectivity index (χ3v) is 0. The Bertz CT molecular complexity index is 346. The summed E-state index contributed by atoms with van der Waals surface area (Å²) < 4.78 is 102. The molecule has 0 aromatic heterocycles. The molecule has 29 nitrogen and oxygen atoms in total. The van der Waals surface area contributed by atoms with Crippen LogP contribution in [0.1, 0.15) is 0 Å². The smallest absolute Gasteiger partial charge is 0.759 e. The predicted octanol–water partition coefficient (Wildman–Crippen LogP) is -18.8. The topological polar surface area (TPSA) is 776 Å². The first-order valence-electron chi connectivity index (χ1n) is 2.00. The van der Waals surface area contributed by atoms with E-state index < -0.39 is 31.2 Å². The van der Waals surface area contributed by atoms with Gasteiger partial charge in [-0.3, -0.25) is 25.3 Å². The molecule has 0 rings (SSSR count). The van der Waals surface area contributed by atoms with Gasteiger partial charge in [-0.05, 0) is 0 Å². The van der Waals surface area contributed by atoms with Gasteiger partial charge < -0.3 is 120 Å². The molecule has 0 aliphatic heterocycles. The van der Waals surface area contributed by atoms with Gasteiger partial charge in [-0.15, -0.1) is 0 Å². The summed E-state index contributed by atoms with van der Waals surface area (Å²) in [5, 5.41) is 0. The van der Waals surface area contributed by atoms with Crippen LogP contribution in [0.3, 0.4) is 0 Å². The Morgan fingerprint density at radius 1 is 0.235 bits per heavy atom. The van der Waals surface area contributed by atoms with Crippen LogP contribution in [-0.4, -0.2) is 180 Å². The molecule has 0 amide bonds. The zero-order chi connectivity index (χ0) is 13.5. The minimum absolute atomic E-state index is 0. The van der Waals surface area contributed by atoms with E-state index in [-0.39, 0.29) is 128 Å². The van der Waals surface area contributed by atoms with Crippen molar-refractivity contribution in [3.8, 4) is 0 Å². The van der Waals surface area contributed by atoms with Crippen molar-refractivity contribution in [2.45, 2.75) is 0 Å². The van der Waals surface area contributed by atoms with Crippen LogP contribution in [0.15, 0.2) is 0 Å². The van der Waals surface area contributed by atoms with Crippen LogP contribution in [0.4, 0.5) is 0 Å². The van der Waals surface area contributed by atoms with Gasteiger partial charge in [0.25, 0.3) is 0 Å². The maximum absolute atomic E-state index is 8.52. The molecule has 34 heteroatoms. The van der Waals surface area contributed by atoms with Crippen molar-refractivity contribution < 1.29 is 146 Å². The van der Waals surface area contributed by atoms with Crippen molar-refractivity contribution in [2.24, 2.45) is 0 Å². The van der Waals surface area contributed by atoms with Crippen LogP contribution in [0, 0.1) is 0 Å². The van der Waals surface area contributed by atoms with Crippen LogP contribution in [-0.2, 0) is 31.2 Å². The van der Waals surface area contributed by atoms with Crippen molar-refractivity contribution in [2.75, 3.05) is 0 Å². The second kappa shape index (κ2) is 104. The third-order valence-electron chi connectivity index (χ3n) is 0. The largest absolute Gasteiger partial charge is 3.00 e. The van der Waals surface area contributed by atoms with Gasteiger partial charge in [-0.2, -0.15) is 0 Å². The summed E-state index contributed by atoms with van der Waals surface area (Å²) in [6.07, 6.45) is 0. The van der Waals surface area contributed by atoms with Gasteiger partial charge in [0.2, 0.25) is 0 Å². The van der Waals surface area contributed by atoms with E-state index in [0.717, 1.165) is 0 Å². The Labute approximate surface area is 211 Å². The molecule has 0 fully saturated rings. The second-order valence-corrected chi connectivity index (χ2v) is 3.67. The first-order valence-corrected chi connectivity index (χ1v) is 6.00. The van der Waals surface area contributed by atoms with Crippen LogP contribution < -0.4 is 0 Å². The van der Waals surface area contributed by atoms with Gasteiger partial charge in [0.15, 0.2) is 0 Å². The van der Waals surface area contributed by atoms with E-state index in [1.165, 1.54) is 0 Å². The molecule has 0 aliphatic carbocycles. The molecule has 0 heterocycles. The molecule has 0 aromatic carbocycles. The van der Waals surface area contributed by atoms with Gasteiger partial charge in [-0.25, -0.2) is 0 Å². The Balaban J connectivity index is -0.00000000248. The molecule has 0 saturated carbocycles. The summed E-state index contributed by atoms with van der Waals surface area (Å²) in [6.45, 7) is 0. The van der Waals surface area contributed by atoms with Crippen molar-refractivity contribution in [3.63, 3.8) is 0 Å². The minimum atomic E-state index is -5.17. The SMILES string of the molecule is O.O.O.O.O.O.O.O.O.O.O.O.O.O.O.O.O.O=S(=O)([O-])[O-].O=S(=O)([O-])[O-].O=S(=O)([O-])[O-].[Al+3].[Al+3]. The summed E-state index contributed by atoms with van der Waals surface area (Å²) in [7, 11) is -15.5. The molecule has 0 unspecified atom stereocenters. The van der Waals surface area contributed by atoms with Gasteiger partial charge >= 0.3 is 34.7 Å². The van der Waals surface area contributed by atoms with E-state index in [9.17, 15) is 0 Å². The zero-order valence-electron chi connectivity index (χ0n) is 15.8. The molecule has 34 N–H and O–H groups in total. The van der Waals surface area contributed by atoms with E-state index in [2.05, 4.69) is 0 Å². The van der Waals surface area contributed by atoms with E-state index in [1.54, 1.807) is 0 Å². The van der Waals surface area contributed by atoms with Gasteiger partial charge in [-0.1, -0.05) is 0 Å². The van der Waals surface area contributed by atoms with E-state index in [0.29, 0.717) is 0 Å². The maximum atomic E-state index is 8.52. The van der Waals surface area contributed by atoms with Crippen molar-refractivity contribution in [1.29, 1.82) is 0 Å². The van der Waals surface area contributed by atoms with E-state index in [1.807, 2.05) is 0 Å². The first kappa shape index (κ1) is 257. The normalized spacial score (nSPS) is 5.12. The first-order chi connectivity index (χ1) is 6.00. The molecular formula is H34Al2O29S3. The Morgan fingerprint density at radius 3 is 0.235 bits per heavy atom. The molecule has 0 spiro atoms. The predicted molar refractivity (Wildman–Crippen MR) is 104 cm³/mol. The standard InChI is InChI=1S/2Al.3H2O4S.17H2O/c;;3*1-5(2,3)4;;;;;;;;;;;;;;;;;/h;;3*(H2,1,2,3,4);17*1H2/q2*+3;;;;;;;;;;;;;;;;;;;;/p-6. The number of hydrogen-bond donors (Lipinski definition) is 0. The molecule has 34 heavy (non-hydrogen) atoms. The van der Waals surface area contributed by atoms with E-state index >= 15 is 0 Å².